The number of aryl methyl sites for hydroxylation is 2. The van der Waals surface area contributed by atoms with Gasteiger partial charge < -0.3 is 16.4 Å². The van der Waals surface area contributed by atoms with Crippen molar-refractivity contribution >= 4 is 51.0 Å². The predicted molar refractivity (Wildman–Crippen MR) is 153 cm³/mol. The first-order valence-electron chi connectivity index (χ1n) is 13.0. The first-order valence-corrected chi connectivity index (χ1v) is 13.8. The van der Waals surface area contributed by atoms with Crippen LogP contribution in [0.1, 0.15) is 38.6 Å². The van der Waals surface area contributed by atoms with Crippen LogP contribution in [-0.4, -0.2) is 54.7 Å². The largest absolute Gasteiger partial charge is 0.381 e. The molecule has 1 amide bonds. The maximum atomic E-state index is 12.2. The van der Waals surface area contributed by atoms with Gasteiger partial charge in [0.05, 0.1) is 31.5 Å². The zero-order valence-electron chi connectivity index (χ0n) is 22.1. The summed E-state index contributed by atoms with van der Waals surface area (Å²) < 4.78 is 6.99. The summed E-state index contributed by atoms with van der Waals surface area (Å²) in [7, 11) is 0. The molecule has 0 aliphatic carbocycles. The number of likely N-dealkylation sites (tertiary alicyclic amines) is 1. The lowest BCUT2D eigenvalue weighted by atomic mass is 10.1. The fraction of sp³-hybridized carbons (Fsp3) is 0.385. The van der Waals surface area contributed by atoms with E-state index in [0.29, 0.717) is 17.0 Å². The number of nitrogens with two attached hydrogens (primary N) is 2. The van der Waals surface area contributed by atoms with Gasteiger partial charge in [-0.25, -0.2) is 19.1 Å². The molecule has 39 heavy (non-hydrogen) atoms. The molecule has 0 saturated carbocycles. The van der Waals surface area contributed by atoms with Crippen molar-refractivity contribution in [3.05, 3.63) is 47.2 Å². The van der Waals surface area contributed by atoms with Crippen LogP contribution in [0.3, 0.4) is 0 Å². The number of amides is 1. The molecule has 0 bridgehead atoms. The van der Waals surface area contributed by atoms with Crippen LogP contribution in [0.25, 0.3) is 22.2 Å². The number of hydrogen-bond acceptors (Lipinski definition) is 6. The highest BCUT2D eigenvalue weighted by Gasteiger charge is 2.28. The number of imidazole rings is 1. The van der Waals surface area contributed by atoms with E-state index in [1.54, 1.807) is 0 Å². The van der Waals surface area contributed by atoms with Gasteiger partial charge in [-0.3, -0.25) is 19.8 Å². The van der Waals surface area contributed by atoms with Gasteiger partial charge in [0.1, 0.15) is 11.1 Å². The van der Waals surface area contributed by atoms with Gasteiger partial charge in [0.15, 0.2) is 28.6 Å². The average Bonchev–Trinajstić information content (AvgIpc) is 3.55. The van der Waals surface area contributed by atoms with E-state index in [2.05, 4.69) is 78.4 Å². The van der Waals surface area contributed by atoms with Crippen molar-refractivity contribution in [3.63, 3.8) is 0 Å². The number of carbonyl (C=O) groups is 1. The second-order valence-corrected chi connectivity index (χ2v) is 10.4. The molecule has 204 valence electrons. The number of anilines is 2. The van der Waals surface area contributed by atoms with E-state index in [1.165, 1.54) is 11.1 Å². The zero-order valence-corrected chi connectivity index (χ0v) is 23.7. The first-order chi connectivity index (χ1) is 18.8. The van der Waals surface area contributed by atoms with Crippen molar-refractivity contribution in [3.8, 4) is 11.1 Å². The molecule has 12 nitrogen and oxygen atoms in total. The van der Waals surface area contributed by atoms with Crippen molar-refractivity contribution in [2.24, 2.45) is 5.73 Å². The molecule has 4 aromatic rings. The van der Waals surface area contributed by atoms with Crippen molar-refractivity contribution in [2.45, 2.75) is 52.4 Å². The second kappa shape index (κ2) is 11.0. The molecule has 1 aliphatic rings. The summed E-state index contributed by atoms with van der Waals surface area (Å²) in [5, 5.41) is 12.3. The number of guanidine groups is 1. The maximum Gasteiger partial charge on any atom is 0.277 e. The van der Waals surface area contributed by atoms with Gasteiger partial charge in [-0.1, -0.05) is 0 Å². The van der Waals surface area contributed by atoms with Crippen molar-refractivity contribution in [1.82, 2.24) is 29.2 Å². The van der Waals surface area contributed by atoms with E-state index >= 15 is 0 Å². The van der Waals surface area contributed by atoms with Gasteiger partial charge in [0.2, 0.25) is 6.41 Å². The Balaban J connectivity index is 1.47. The Morgan fingerprint density at radius 2 is 2.03 bits per heavy atom. The Bertz CT molecular complexity index is 1520. The van der Waals surface area contributed by atoms with Gasteiger partial charge >= 0.3 is 0 Å². The number of hydrogen-bond donors (Lipinski definition) is 3. The Hall–Kier alpha value is -4.00. The lowest BCUT2D eigenvalue weighted by Crippen LogP contribution is -2.42. The summed E-state index contributed by atoms with van der Waals surface area (Å²) in [5.74, 6) is 1.61. The van der Waals surface area contributed by atoms with Crippen LogP contribution < -0.4 is 20.9 Å². The van der Waals surface area contributed by atoms with E-state index in [-0.39, 0.29) is 17.8 Å². The SMILES string of the molecule is CCn1c(CN(C=O)c2nc(Br)cnc2N)[n+](CC)c2ccc(-c3cnn(C4CCN(C(=N)N)CC4)c3)cc21. The molecule has 5 N–H and O–H groups in total. The Morgan fingerprint density at radius 1 is 1.26 bits per heavy atom. The van der Waals surface area contributed by atoms with E-state index in [1.807, 2.05) is 15.8 Å². The van der Waals surface area contributed by atoms with Crippen LogP contribution in [0.2, 0.25) is 0 Å². The molecule has 4 heterocycles. The van der Waals surface area contributed by atoms with Crippen LogP contribution in [0.4, 0.5) is 11.6 Å². The van der Waals surface area contributed by atoms with Crippen LogP contribution in [0.15, 0.2) is 41.4 Å². The number of nitrogens with one attached hydrogen (secondary N) is 1. The quantitative estimate of drug-likeness (QED) is 0.123. The molecule has 5 rings (SSSR count). The van der Waals surface area contributed by atoms with E-state index in [9.17, 15) is 4.79 Å². The minimum Gasteiger partial charge on any atom is -0.381 e. The third-order valence-corrected chi connectivity index (χ3v) is 7.77. The summed E-state index contributed by atoms with van der Waals surface area (Å²) in [5.41, 5.74) is 16.0. The summed E-state index contributed by atoms with van der Waals surface area (Å²) in [6.07, 6.45) is 8.07. The minimum atomic E-state index is 0.134. The summed E-state index contributed by atoms with van der Waals surface area (Å²) in [6, 6.07) is 6.72. The summed E-state index contributed by atoms with van der Waals surface area (Å²) in [6.45, 7) is 7.47. The van der Waals surface area contributed by atoms with Crippen molar-refractivity contribution < 1.29 is 9.36 Å². The topological polar surface area (TPSA) is 152 Å². The molecule has 1 aromatic carbocycles. The highest BCUT2D eigenvalue weighted by molar-refractivity contribution is 9.10. The van der Waals surface area contributed by atoms with Gasteiger partial charge in [-0.15, -0.1) is 0 Å². The lowest BCUT2D eigenvalue weighted by Gasteiger charge is -2.32. The third-order valence-electron chi connectivity index (χ3n) is 7.39. The molecule has 0 spiro atoms. The Morgan fingerprint density at radius 3 is 2.69 bits per heavy atom. The standard InChI is InChI=1S/C26H33BrN11O/c1-3-36-20-6-5-17(18-12-32-38(14-18)19-7-9-34(10-8-19)26(29)30)11-21(20)37(4-2)23(36)15-35(16-39)25-24(28)31-13-22(27)33-25/h5-6,11-14,16,19H,3-4,7-10,15H2,1-2H3,(H2,28,31)(H3,29,30)/q+1. The number of rotatable bonds is 8. The van der Waals surface area contributed by atoms with Crippen LogP contribution in [0, 0.1) is 5.41 Å². The molecule has 0 radical (unpaired) electrons. The molecular formula is C26H33BrN11O+. The molecule has 3 aromatic heterocycles. The number of aromatic nitrogens is 6. The molecule has 0 atom stereocenters. The maximum absolute atomic E-state index is 12.2. The molecular weight excluding hydrogens is 562 g/mol. The lowest BCUT2D eigenvalue weighted by molar-refractivity contribution is -0.676. The number of nitrogen functional groups attached to an aromatic ring is 1. The molecule has 0 unspecified atom stereocenters. The highest BCUT2D eigenvalue weighted by atomic mass is 79.9. The molecule has 1 fully saturated rings. The number of benzene rings is 1. The third kappa shape index (κ3) is 5.05. The fourth-order valence-electron chi connectivity index (χ4n) is 5.40. The number of carbonyl (C=O) groups excluding carboxylic acids is 1. The molecule has 13 heteroatoms. The van der Waals surface area contributed by atoms with Gasteiger partial charge in [0, 0.05) is 24.8 Å². The normalized spacial score (nSPS) is 14.2. The van der Waals surface area contributed by atoms with Crippen molar-refractivity contribution in [1.29, 1.82) is 5.41 Å². The summed E-state index contributed by atoms with van der Waals surface area (Å²) >= 11 is 3.32. The monoisotopic (exact) mass is 594 g/mol. The summed E-state index contributed by atoms with van der Waals surface area (Å²) in [4.78, 5) is 24.1. The number of piperidine rings is 1. The van der Waals surface area contributed by atoms with Gasteiger partial charge in [0.25, 0.3) is 5.82 Å². The predicted octanol–water partition coefficient (Wildman–Crippen LogP) is 2.66. The fourth-order valence-corrected chi connectivity index (χ4v) is 5.67. The van der Waals surface area contributed by atoms with Crippen LogP contribution in [0.5, 0.6) is 0 Å². The molecule has 1 saturated heterocycles. The average molecular weight is 596 g/mol. The number of fused-ring (bicyclic) bond motifs is 1. The number of halogens is 1. The van der Waals surface area contributed by atoms with Gasteiger partial charge in [-0.05, 0) is 66.4 Å². The Labute approximate surface area is 234 Å². The second-order valence-electron chi connectivity index (χ2n) is 9.56. The first kappa shape index (κ1) is 26.6. The highest BCUT2D eigenvalue weighted by Crippen LogP contribution is 2.29. The van der Waals surface area contributed by atoms with Crippen LogP contribution >= 0.6 is 15.9 Å². The van der Waals surface area contributed by atoms with Crippen LogP contribution in [-0.2, 0) is 24.4 Å². The van der Waals surface area contributed by atoms with Crippen molar-refractivity contribution in [2.75, 3.05) is 23.7 Å². The Kier molecular flexibility index (Phi) is 7.51. The molecule has 1 aliphatic heterocycles. The van der Waals surface area contributed by atoms with Gasteiger partial charge in [-0.2, -0.15) is 5.10 Å². The smallest absolute Gasteiger partial charge is 0.277 e. The van der Waals surface area contributed by atoms with E-state index < -0.39 is 0 Å². The minimum absolute atomic E-state index is 0.134. The number of nitrogens with zero attached hydrogens (tertiary/aromatic N) is 8. The zero-order chi connectivity index (χ0) is 27.7. The van der Waals surface area contributed by atoms with E-state index in [4.69, 9.17) is 16.9 Å². The van der Waals surface area contributed by atoms with E-state index in [0.717, 1.165) is 73.4 Å².